The van der Waals surface area contributed by atoms with Crippen LogP contribution in [0.25, 0.3) is 0 Å². The molecule has 0 N–H and O–H groups in total. The first kappa shape index (κ1) is 18.8. The molecule has 1 saturated heterocycles. The maximum atomic E-state index is 12.1. The monoisotopic (exact) mass is 352 g/mol. The van der Waals surface area contributed by atoms with E-state index in [0.29, 0.717) is 38.6 Å². The van der Waals surface area contributed by atoms with Crippen molar-refractivity contribution in [3.05, 3.63) is 22.2 Å². The fraction of sp³-hybridized carbons (Fsp3) is 0.625. The van der Waals surface area contributed by atoms with E-state index in [0.717, 1.165) is 0 Å². The number of nitrogens with zero attached hydrogens (tertiary/aromatic N) is 4. The number of hydrogen-bond acceptors (Lipinski definition) is 7. The lowest BCUT2D eigenvalue weighted by Gasteiger charge is -2.36. The number of nitro groups is 1. The molecule has 138 valence electrons. The highest BCUT2D eigenvalue weighted by molar-refractivity contribution is 5.68. The second-order valence-corrected chi connectivity index (χ2v) is 6.64. The number of carbonyl (C=O) groups is 1. The normalized spacial score (nSPS) is 15.0. The van der Waals surface area contributed by atoms with Gasteiger partial charge in [0.25, 0.3) is 5.88 Å². The molecular weight excluding hydrogens is 328 g/mol. The van der Waals surface area contributed by atoms with Crippen molar-refractivity contribution in [3.8, 4) is 5.88 Å². The van der Waals surface area contributed by atoms with Gasteiger partial charge in [0.2, 0.25) is 0 Å². The minimum atomic E-state index is -0.527. The summed E-state index contributed by atoms with van der Waals surface area (Å²) in [5.41, 5.74) is -0.682. The van der Waals surface area contributed by atoms with Gasteiger partial charge in [0.05, 0.1) is 11.5 Å². The van der Waals surface area contributed by atoms with E-state index in [4.69, 9.17) is 9.47 Å². The van der Waals surface area contributed by atoms with Crippen molar-refractivity contribution < 1.29 is 19.2 Å². The Morgan fingerprint density at radius 2 is 1.92 bits per heavy atom. The molecule has 9 heteroatoms. The molecule has 0 aromatic carbocycles. The van der Waals surface area contributed by atoms with Gasteiger partial charge in [0.15, 0.2) is 0 Å². The first-order valence-corrected chi connectivity index (χ1v) is 8.22. The largest absolute Gasteiger partial charge is 0.473 e. The molecule has 1 aromatic heterocycles. The fourth-order valence-corrected chi connectivity index (χ4v) is 2.43. The molecule has 0 radical (unpaired) electrons. The molecule has 1 aliphatic heterocycles. The molecule has 1 fully saturated rings. The third-order valence-electron chi connectivity index (χ3n) is 3.56. The first-order valence-electron chi connectivity index (χ1n) is 8.22. The van der Waals surface area contributed by atoms with Crippen LogP contribution in [0.1, 0.15) is 27.7 Å². The van der Waals surface area contributed by atoms with Gasteiger partial charge in [-0.05, 0) is 33.8 Å². The third-order valence-corrected chi connectivity index (χ3v) is 3.56. The van der Waals surface area contributed by atoms with Crippen molar-refractivity contribution in [2.75, 3.05) is 37.7 Å². The van der Waals surface area contributed by atoms with Crippen LogP contribution < -0.4 is 9.64 Å². The van der Waals surface area contributed by atoms with E-state index in [9.17, 15) is 14.9 Å². The van der Waals surface area contributed by atoms with Crippen LogP contribution in [0.2, 0.25) is 0 Å². The highest BCUT2D eigenvalue weighted by Crippen LogP contribution is 2.28. The summed E-state index contributed by atoms with van der Waals surface area (Å²) < 4.78 is 10.6. The quantitative estimate of drug-likeness (QED) is 0.606. The Morgan fingerprint density at radius 1 is 1.28 bits per heavy atom. The van der Waals surface area contributed by atoms with E-state index in [-0.39, 0.29) is 17.7 Å². The average molecular weight is 352 g/mol. The SMILES string of the molecule is CCOc1nc(N2CCN(C(=O)OC(C)(C)C)CC2)ccc1[N+](=O)[O-]. The van der Waals surface area contributed by atoms with E-state index in [2.05, 4.69) is 4.98 Å². The van der Waals surface area contributed by atoms with E-state index in [1.807, 2.05) is 25.7 Å². The summed E-state index contributed by atoms with van der Waals surface area (Å²) in [5.74, 6) is 0.609. The molecule has 0 bridgehead atoms. The van der Waals surface area contributed by atoms with Gasteiger partial charge in [-0.15, -0.1) is 0 Å². The molecule has 0 unspecified atom stereocenters. The summed E-state index contributed by atoms with van der Waals surface area (Å²) in [6.07, 6.45) is -0.334. The summed E-state index contributed by atoms with van der Waals surface area (Å²) in [6, 6.07) is 3.00. The molecule has 0 atom stereocenters. The Balaban J connectivity index is 2.04. The molecule has 1 amide bonds. The Morgan fingerprint density at radius 3 is 2.44 bits per heavy atom. The molecule has 1 aromatic rings. The third kappa shape index (κ3) is 4.94. The summed E-state index contributed by atoms with van der Waals surface area (Å²) >= 11 is 0. The Labute approximate surface area is 146 Å². The molecule has 9 nitrogen and oxygen atoms in total. The van der Waals surface area contributed by atoms with Crippen molar-refractivity contribution in [3.63, 3.8) is 0 Å². The molecule has 2 rings (SSSR count). The zero-order valence-electron chi connectivity index (χ0n) is 15.0. The van der Waals surface area contributed by atoms with Crippen LogP contribution >= 0.6 is 0 Å². The van der Waals surface area contributed by atoms with Crippen LogP contribution in [-0.2, 0) is 4.74 Å². The number of pyridine rings is 1. The maximum absolute atomic E-state index is 12.1. The van der Waals surface area contributed by atoms with Crippen LogP contribution in [0.5, 0.6) is 5.88 Å². The van der Waals surface area contributed by atoms with Gasteiger partial charge in [-0.2, -0.15) is 4.98 Å². The van der Waals surface area contributed by atoms with Crippen molar-refractivity contribution in [2.24, 2.45) is 0 Å². The lowest BCUT2D eigenvalue weighted by atomic mass is 10.2. The predicted molar refractivity (Wildman–Crippen MR) is 92.1 cm³/mol. The maximum Gasteiger partial charge on any atom is 0.410 e. The molecule has 25 heavy (non-hydrogen) atoms. The first-order chi connectivity index (χ1) is 11.7. The Hall–Kier alpha value is -2.58. The smallest absolute Gasteiger partial charge is 0.410 e. The van der Waals surface area contributed by atoms with Crippen molar-refractivity contribution in [1.82, 2.24) is 9.88 Å². The average Bonchev–Trinajstić information content (AvgIpc) is 2.53. The molecule has 2 heterocycles. The predicted octanol–water partition coefficient (Wildman–Crippen LogP) is 2.45. The molecular formula is C16H24N4O5. The number of anilines is 1. The van der Waals surface area contributed by atoms with Gasteiger partial charge in [0, 0.05) is 32.2 Å². The Kier molecular flexibility index (Phi) is 5.66. The van der Waals surface area contributed by atoms with Gasteiger partial charge >= 0.3 is 11.8 Å². The summed E-state index contributed by atoms with van der Waals surface area (Å²) in [7, 11) is 0. The van der Waals surface area contributed by atoms with Gasteiger partial charge in [-0.25, -0.2) is 4.79 Å². The number of aromatic nitrogens is 1. The van der Waals surface area contributed by atoms with E-state index >= 15 is 0 Å². The topological polar surface area (TPSA) is 98.0 Å². The van der Waals surface area contributed by atoms with E-state index in [1.54, 1.807) is 17.9 Å². The van der Waals surface area contributed by atoms with Crippen LogP contribution in [-0.4, -0.2) is 59.3 Å². The van der Waals surface area contributed by atoms with Gasteiger partial charge in [-0.3, -0.25) is 10.1 Å². The van der Waals surface area contributed by atoms with Crippen molar-refractivity contribution in [2.45, 2.75) is 33.3 Å². The van der Waals surface area contributed by atoms with Crippen LogP contribution in [0.4, 0.5) is 16.3 Å². The van der Waals surface area contributed by atoms with Crippen LogP contribution in [0.15, 0.2) is 12.1 Å². The summed E-state index contributed by atoms with van der Waals surface area (Å²) in [5, 5.41) is 11.0. The lowest BCUT2D eigenvalue weighted by Crippen LogP contribution is -2.50. The van der Waals surface area contributed by atoms with E-state index in [1.165, 1.54) is 6.07 Å². The summed E-state index contributed by atoms with van der Waals surface area (Å²) in [6.45, 7) is 9.66. The standard InChI is InChI=1S/C16H24N4O5/c1-5-24-14-12(20(22)23)6-7-13(17-14)18-8-10-19(11-9-18)15(21)25-16(2,3)4/h6-7H,5,8-11H2,1-4H3. The number of hydrogen-bond donors (Lipinski definition) is 0. The highest BCUT2D eigenvalue weighted by Gasteiger charge is 2.27. The second-order valence-electron chi connectivity index (χ2n) is 6.64. The van der Waals surface area contributed by atoms with Gasteiger partial charge in [0.1, 0.15) is 11.4 Å². The zero-order valence-corrected chi connectivity index (χ0v) is 15.0. The van der Waals surface area contributed by atoms with E-state index < -0.39 is 10.5 Å². The lowest BCUT2D eigenvalue weighted by molar-refractivity contribution is -0.386. The fourth-order valence-electron chi connectivity index (χ4n) is 2.43. The highest BCUT2D eigenvalue weighted by atomic mass is 16.6. The van der Waals surface area contributed by atoms with Crippen LogP contribution in [0, 0.1) is 10.1 Å². The van der Waals surface area contributed by atoms with Crippen molar-refractivity contribution >= 4 is 17.6 Å². The summed E-state index contributed by atoms with van der Waals surface area (Å²) in [4.78, 5) is 30.5. The zero-order chi connectivity index (χ0) is 18.6. The van der Waals surface area contributed by atoms with Crippen molar-refractivity contribution in [1.29, 1.82) is 0 Å². The van der Waals surface area contributed by atoms with Gasteiger partial charge in [-0.1, -0.05) is 0 Å². The molecule has 0 saturated carbocycles. The van der Waals surface area contributed by atoms with Crippen LogP contribution in [0.3, 0.4) is 0 Å². The molecule has 1 aliphatic rings. The Bertz CT molecular complexity index is 636. The molecule has 0 spiro atoms. The number of carbonyl (C=O) groups excluding carboxylic acids is 1. The molecule has 0 aliphatic carbocycles. The minimum Gasteiger partial charge on any atom is -0.473 e. The number of amides is 1. The second kappa shape index (κ2) is 7.54. The van der Waals surface area contributed by atoms with Gasteiger partial charge < -0.3 is 19.3 Å². The number of rotatable bonds is 4. The number of ether oxygens (including phenoxy) is 2. The number of piperazine rings is 1. The minimum absolute atomic E-state index is 0.0135.